The van der Waals surface area contributed by atoms with E-state index in [1.165, 1.54) is 24.8 Å². The van der Waals surface area contributed by atoms with Gasteiger partial charge in [0.1, 0.15) is 0 Å². The number of carbonyl (C=O) groups is 1. The molecule has 3 unspecified atom stereocenters. The van der Waals surface area contributed by atoms with Crippen LogP contribution in [0.5, 0.6) is 0 Å². The number of fused-ring (bicyclic) bond motifs is 2. The molecule has 2 heterocycles. The summed E-state index contributed by atoms with van der Waals surface area (Å²) in [5, 5.41) is 0. The number of carbonyl (C=O) groups excluding carboxylic acids is 1. The highest BCUT2D eigenvalue weighted by atomic mass is 16.2. The van der Waals surface area contributed by atoms with Crippen molar-refractivity contribution in [2.45, 2.75) is 51.1 Å². The van der Waals surface area contributed by atoms with Gasteiger partial charge in [-0.1, -0.05) is 37.3 Å². The Bertz CT molecular complexity index is 428. The van der Waals surface area contributed by atoms with E-state index in [4.69, 9.17) is 0 Å². The molecule has 0 aromatic heterocycles. The van der Waals surface area contributed by atoms with E-state index in [0.717, 1.165) is 6.42 Å². The highest BCUT2D eigenvalue weighted by Crippen LogP contribution is 2.41. The Labute approximate surface area is 109 Å². The molecule has 3 rings (SSSR count). The molecular weight excluding hydrogens is 222 g/mol. The molecule has 0 radical (unpaired) electrons. The lowest BCUT2D eigenvalue weighted by molar-refractivity contribution is -0.132. The van der Waals surface area contributed by atoms with Gasteiger partial charge in [-0.3, -0.25) is 4.79 Å². The van der Waals surface area contributed by atoms with Crippen molar-refractivity contribution < 1.29 is 4.79 Å². The van der Waals surface area contributed by atoms with Gasteiger partial charge >= 0.3 is 0 Å². The van der Waals surface area contributed by atoms with Gasteiger partial charge < -0.3 is 4.90 Å². The minimum atomic E-state index is 0.371. The predicted molar refractivity (Wildman–Crippen MR) is 72.2 cm³/mol. The fraction of sp³-hybridized carbons (Fsp3) is 0.562. The number of nitrogens with zero attached hydrogens (tertiary/aromatic N) is 1. The normalized spacial score (nSPS) is 29.8. The molecule has 2 bridgehead atoms. The van der Waals surface area contributed by atoms with Crippen molar-refractivity contribution in [1.82, 2.24) is 4.90 Å². The van der Waals surface area contributed by atoms with Gasteiger partial charge in [0.05, 0.1) is 0 Å². The summed E-state index contributed by atoms with van der Waals surface area (Å²) >= 11 is 0. The Morgan fingerprint density at radius 1 is 1.28 bits per heavy atom. The number of hydrogen-bond donors (Lipinski definition) is 0. The zero-order valence-electron chi connectivity index (χ0n) is 11.0. The Kier molecular flexibility index (Phi) is 3.11. The maximum Gasteiger partial charge on any atom is 0.223 e. The molecule has 1 aromatic rings. The fourth-order valence-electron chi connectivity index (χ4n) is 3.70. The molecule has 96 valence electrons. The van der Waals surface area contributed by atoms with Gasteiger partial charge in [0.2, 0.25) is 5.91 Å². The second kappa shape index (κ2) is 4.75. The molecule has 18 heavy (non-hydrogen) atoms. The Morgan fingerprint density at radius 2 is 2.06 bits per heavy atom. The van der Waals surface area contributed by atoms with Crippen LogP contribution in [-0.4, -0.2) is 22.9 Å². The van der Waals surface area contributed by atoms with Crippen LogP contribution in [0.25, 0.3) is 0 Å². The molecule has 1 aromatic carbocycles. The molecule has 2 aliphatic rings. The summed E-state index contributed by atoms with van der Waals surface area (Å²) in [6, 6.07) is 11.4. The molecular formula is C16H21NO. The lowest BCUT2D eigenvalue weighted by Gasteiger charge is -2.23. The van der Waals surface area contributed by atoms with Crippen molar-refractivity contribution in [2.24, 2.45) is 5.92 Å². The minimum absolute atomic E-state index is 0.371. The van der Waals surface area contributed by atoms with Crippen LogP contribution in [0.4, 0.5) is 0 Å². The van der Waals surface area contributed by atoms with Gasteiger partial charge in [-0.2, -0.15) is 0 Å². The highest BCUT2D eigenvalue weighted by Gasteiger charge is 2.45. The van der Waals surface area contributed by atoms with Gasteiger partial charge in [-0.15, -0.1) is 0 Å². The van der Waals surface area contributed by atoms with Crippen molar-refractivity contribution in [1.29, 1.82) is 0 Å². The summed E-state index contributed by atoms with van der Waals surface area (Å²) < 4.78 is 0. The summed E-state index contributed by atoms with van der Waals surface area (Å²) in [5.74, 6) is 1.08. The molecule has 2 heteroatoms. The highest BCUT2D eigenvalue weighted by molar-refractivity contribution is 5.78. The van der Waals surface area contributed by atoms with Crippen LogP contribution in [0.15, 0.2) is 30.3 Å². The molecule has 0 saturated carbocycles. The lowest BCUT2D eigenvalue weighted by atomic mass is 9.91. The maximum absolute atomic E-state index is 12.4. The standard InChI is InChI=1S/C16H21NO/c1-12-11-14-8-9-15(12)17(14)16(18)10-7-13-5-3-2-4-6-13/h2-6,12,14-15H,7-11H2,1H3. The van der Waals surface area contributed by atoms with E-state index >= 15 is 0 Å². The zero-order valence-corrected chi connectivity index (χ0v) is 11.0. The molecule has 1 amide bonds. The monoisotopic (exact) mass is 243 g/mol. The first-order valence-electron chi connectivity index (χ1n) is 7.11. The van der Waals surface area contributed by atoms with Crippen molar-refractivity contribution in [2.75, 3.05) is 0 Å². The van der Waals surface area contributed by atoms with E-state index in [1.807, 2.05) is 18.2 Å². The number of hydrogen-bond acceptors (Lipinski definition) is 1. The zero-order chi connectivity index (χ0) is 12.5. The third-order valence-electron chi connectivity index (χ3n) is 4.61. The van der Waals surface area contributed by atoms with Crippen LogP contribution in [0.1, 0.15) is 38.2 Å². The number of aryl methyl sites for hydroxylation is 1. The van der Waals surface area contributed by atoms with E-state index in [0.29, 0.717) is 30.3 Å². The Hall–Kier alpha value is -1.31. The third kappa shape index (κ3) is 2.05. The van der Waals surface area contributed by atoms with Crippen LogP contribution in [0.3, 0.4) is 0 Å². The van der Waals surface area contributed by atoms with E-state index in [2.05, 4.69) is 24.0 Å². The summed E-state index contributed by atoms with van der Waals surface area (Å²) in [5.41, 5.74) is 1.27. The quantitative estimate of drug-likeness (QED) is 0.799. The largest absolute Gasteiger partial charge is 0.336 e. The maximum atomic E-state index is 12.4. The second-order valence-corrected chi connectivity index (χ2v) is 5.80. The van der Waals surface area contributed by atoms with E-state index in [-0.39, 0.29) is 0 Å². The van der Waals surface area contributed by atoms with E-state index < -0.39 is 0 Å². The van der Waals surface area contributed by atoms with Gasteiger partial charge in [0.25, 0.3) is 0 Å². The van der Waals surface area contributed by atoms with Crippen molar-refractivity contribution in [3.63, 3.8) is 0 Å². The van der Waals surface area contributed by atoms with Gasteiger partial charge in [-0.05, 0) is 37.2 Å². The van der Waals surface area contributed by atoms with Crippen LogP contribution >= 0.6 is 0 Å². The second-order valence-electron chi connectivity index (χ2n) is 5.80. The molecule has 0 spiro atoms. The first-order valence-corrected chi connectivity index (χ1v) is 7.11. The lowest BCUT2D eigenvalue weighted by Crippen LogP contribution is -2.36. The first-order chi connectivity index (χ1) is 8.75. The molecule has 2 fully saturated rings. The molecule has 0 N–H and O–H groups in total. The van der Waals surface area contributed by atoms with Crippen LogP contribution in [0, 0.1) is 5.92 Å². The SMILES string of the molecule is CC1CC2CCC1N2C(=O)CCc1ccccc1. The van der Waals surface area contributed by atoms with Crippen LogP contribution < -0.4 is 0 Å². The van der Waals surface area contributed by atoms with Gasteiger partial charge in [0, 0.05) is 18.5 Å². The number of rotatable bonds is 3. The minimum Gasteiger partial charge on any atom is -0.336 e. The molecule has 2 aliphatic heterocycles. The van der Waals surface area contributed by atoms with Crippen molar-refractivity contribution in [3.8, 4) is 0 Å². The van der Waals surface area contributed by atoms with E-state index in [9.17, 15) is 4.79 Å². The molecule has 0 aliphatic carbocycles. The van der Waals surface area contributed by atoms with Crippen LogP contribution in [0.2, 0.25) is 0 Å². The predicted octanol–water partition coefficient (Wildman–Crippen LogP) is 3.02. The first kappa shape index (κ1) is 11.8. The molecule has 2 nitrogen and oxygen atoms in total. The Balaban J connectivity index is 1.60. The number of benzene rings is 1. The fourth-order valence-corrected chi connectivity index (χ4v) is 3.70. The molecule has 3 atom stereocenters. The summed E-state index contributed by atoms with van der Waals surface area (Å²) in [6.45, 7) is 2.29. The van der Waals surface area contributed by atoms with Crippen molar-refractivity contribution in [3.05, 3.63) is 35.9 Å². The van der Waals surface area contributed by atoms with Gasteiger partial charge in [0.15, 0.2) is 0 Å². The smallest absolute Gasteiger partial charge is 0.223 e. The molecule has 2 saturated heterocycles. The average Bonchev–Trinajstić information content (AvgIpc) is 2.94. The number of amides is 1. The summed E-state index contributed by atoms with van der Waals surface area (Å²) in [6.07, 6.45) is 5.23. The summed E-state index contributed by atoms with van der Waals surface area (Å²) in [4.78, 5) is 14.6. The Morgan fingerprint density at radius 3 is 2.67 bits per heavy atom. The van der Waals surface area contributed by atoms with Gasteiger partial charge in [-0.25, -0.2) is 0 Å². The third-order valence-corrected chi connectivity index (χ3v) is 4.61. The van der Waals surface area contributed by atoms with E-state index in [1.54, 1.807) is 0 Å². The average molecular weight is 243 g/mol. The van der Waals surface area contributed by atoms with Crippen molar-refractivity contribution >= 4 is 5.91 Å². The summed E-state index contributed by atoms with van der Waals surface area (Å²) in [7, 11) is 0. The topological polar surface area (TPSA) is 20.3 Å². The van der Waals surface area contributed by atoms with Crippen LogP contribution in [-0.2, 0) is 11.2 Å².